The first kappa shape index (κ1) is 12.1. The minimum Gasteiger partial charge on any atom is -0.221 e. The Morgan fingerprint density at radius 3 is 2.57 bits per heavy atom. The lowest BCUT2D eigenvalue weighted by Gasteiger charge is -2.01. The van der Waals surface area contributed by atoms with Crippen molar-refractivity contribution in [3.63, 3.8) is 0 Å². The van der Waals surface area contributed by atoms with Crippen LogP contribution in [-0.2, 0) is 6.42 Å². The van der Waals surface area contributed by atoms with Crippen molar-refractivity contribution in [2.45, 2.75) is 6.42 Å². The van der Waals surface area contributed by atoms with Crippen molar-refractivity contribution in [2.24, 2.45) is 0 Å². The van der Waals surface area contributed by atoms with Crippen LogP contribution in [0, 0.1) is 5.82 Å². The first-order valence-electron chi connectivity index (χ1n) is 3.52. The molecule has 76 valence electrons. The number of hydrogen-bond acceptors (Lipinski definition) is 1. The number of nitrogens with zero attached hydrogens (tertiary/aromatic N) is 1. The highest BCUT2D eigenvalue weighted by Crippen LogP contribution is 2.21. The summed E-state index contributed by atoms with van der Waals surface area (Å²) in [7, 11) is 0. The molecule has 0 aliphatic rings. The summed E-state index contributed by atoms with van der Waals surface area (Å²) in [5, 5.41) is -0.109. The SMILES string of the molecule is Fc1cc(CC=C(Cl)Cl)c(Cl)nc1Cl. The van der Waals surface area contributed by atoms with Gasteiger partial charge in [-0.3, -0.25) is 0 Å². The molecule has 0 bridgehead atoms. The van der Waals surface area contributed by atoms with E-state index in [9.17, 15) is 4.39 Å². The molecule has 0 amide bonds. The molecular weight excluding hydrogens is 271 g/mol. The summed E-state index contributed by atoms with van der Waals surface area (Å²) in [6, 6.07) is 1.20. The van der Waals surface area contributed by atoms with E-state index < -0.39 is 5.82 Å². The summed E-state index contributed by atoms with van der Waals surface area (Å²) in [6.07, 6.45) is 1.79. The Kier molecular flexibility index (Phi) is 4.45. The van der Waals surface area contributed by atoms with E-state index in [0.29, 0.717) is 12.0 Å². The van der Waals surface area contributed by atoms with Crippen LogP contribution in [0.1, 0.15) is 5.56 Å². The van der Waals surface area contributed by atoms with Crippen LogP contribution in [0.15, 0.2) is 16.6 Å². The number of halogens is 5. The third-order valence-corrected chi connectivity index (χ3v) is 2.34. The average Bonchev–Trinajstić information content (AvgIpc) is 2.09. The Morgan fingerprint density at radius 2 is 2.00 bits per heavy atom. The summed E-state index contributed by atoms with van der Waals surface area (Å²) in [4.78, 5) is 3.59. The van der Waals surface area contributed by atoms with Crippen LogP contribution in [0.2, 0.25) is 10.3 Å². The van der Waals surface area contributed by atoms with Crippen LogP contribution in [0.25, 0.3) is 0 Å². The van der Waals surface area contributed by atoms with Crippen molar-refractivity contribution in [1.29, 1.82) is 0 Å². The molecule has 1 aromatic heterocycles. The molecule has 0 N–H and O–H groups in total. The van der Waals surface area contributed by atoms with Crippen molar-refractivity contribution in [3.05, 3.63) is 38.3 Å². The van der Waals surface area contributed by atoms with Gasteiger partial charge >= 0.3 is 0 Å². The molecule has 0 unspecified atom stereocenters. The van der Waals surface area contributed by atoms with E-state index in [2.05, 4.69) is 4.98 Å². The van der Waals surface area contributed by atoms with Gasteiger partial charge in [0, 0.05) is 0 Å². The molecule has 1 rings (SSSR count). The molecule has 0 fully saturated rings. The van der Waals surface area contributed by atoms with E-state index >= 15 is 0 Å². The summed E-state index contributed by atoms with van der Waals surface area (Å²) >= 11 is 21.9. The second-order valence-corrected chi connectivity index (χ2v) is 4.13. The molecule has 0 aliphatic carbocycles. The highest BCUT2D eigenvalue weighted by atomic mass is 35.5. The first-order valence-corrected chi connectivity index (χ1v) is 5.03. The minimum atomic E-state index is -0.620. The summed E-state index contributed by atoms with van der Waals surface area (Å²) < 4.78 is 13.0. The molecule has 14 heavy (non-hydrogen) atoms. The Labute approximate surface area is 100 Å². The number of hydrogen-bond donors (Lipinski definition) is 0. The van der Waals surface area contributed by atoms with Gasteiger partial charge in [-0.25, -0.2) is 9.37 Å². The fourth-order valence-electron chi connectivity index (χ4n) is 0.814. The van der Waals surface area contributed by atoms with Gasteiger partial charge in [-0.2, -0.15) is 0 Å². The molecular formula is C8H4Cl4FN. The average molecular weight is 275 g/mol. The molecule has 1 heterocycles. The molecule has 1 nitrogen and oxygen atoms in total. The standard InChI is InChI=1S/C8H4Cl4FN/c9-6(10)2-1-4-3-5(13)8(12)14-7(4)11/h2-3H,1H2. The van der Waals surface area contributed by atoms with Crippen LogP contribution in [-0.4, -0.2) is 4.98 Å². The van der Waals surface area contributed by atoms with Crippen LogP contribution in [0.4, 0.5) is 4.39 Å². The number of aromatic nitrogens is 1. The zero-order valence-corrected chi connectivity index (χ0v) is 9.72. The van der Waals surface area contributed by atoms with Crippen LogP contribution in [0.3, 0.4) is 0 Å². The van der Waals surface area contributed by atoms with Gasteiger partial charge in [-0.1, -0.05) is 46.4 Å². The topological polar surface area (TPSA) is 12.9 Å². The van der Waals surface area contributed by atoms with Gasteiger partial charge in [0.05, 0.1) is 0 Å². The van der Waals surface area contributed by atoms with Gasteiger partial charge in [-0.15, -0.1) is 0 Å². The third kappa shape index (κ3) is 3.28. The molecule has 0 aromatic carbocycles. The predicted octanol–water partition coefficient (Wildman–Crippen LogP) is 4.39. The van der Waals surface area contributed by atoms with Gasteiger partial charge in [0.1, 0.15) is 9.64 Å². The monoisotopic (exact) mass is 273 g/mol. The zero-order valence-electron chi connectivity index (χ0n) is 6.70. The van der Waals surface area contributed by atoms with Gasteiger partial charge in [0.15, 0.2) is 11.0 Å². The lowest BCUT2D eigenvalue weighted by atomic mass is 10.2. The summed E-state index contributed by atoms with van der Waals surface area (Å²) in [6.45, 7) is 0. The molecule has 0 saturated carbocycles. The maximum Gasteiger partial charge on any atom is 0.166 e. The van der Waals surface area contributed by atoms with Gasteiger partial charge < -0.3 is 0 Å². The Bertz CT molecular complexity index is 374. The van der Waals surface area contributed by atoms with Gasteiger partial charge in [0.25, 0.3) is 0 Å². The Hall–Kier alpha value is -0.0200. The first-order chi connectivity index (χ1) is 6.50. The van der Waals surface area contributed by atoms with Crippen molar-refractivity contribution in [1.82, 2.24) is 4.98 Å². The van der Waals surface area contributed by atoms with E-state index in [4.69, 9.17) is 46.4 Å². The number of allylic oxidation sites excluding steroid dienone is 1. The van der Waals surface area contributed by atoms with E-state index in [0.717, 1.165) is 0 Å². The van der Waals surface area contributed by atoms with Crippen molar-refractivity contribution in [3.8, 4) is 0 Å². The molecule has 1 aromatic rings. The quantitative estimate of drug-likeness (QED) is 0.729. The highest BCUT2D eigenvalue weighted by molar-refractivity contribution is 6.55. The zero-order chi connectivity index (χ0) is 10.7. The molecule has 0 saturated heterocycles. The lowest BCUT2D eigenvalue weighted by molar-refractivity contribution is 0.620. The molecule has 0 spiro atoms. The minimum absolute atomic E-state index is 0.0939. The Balaban J connectivity index is 2.98. The van der Waals surface area contributed by atoms with Gasteiger partial charge in [-0.05, 0) is 24.1 Å². The van der Waals surface area contributed by atoms with Crippen molar-refractivity contribution >= 4 is 46.4 Å². The van der Waals surface area contributed by atoms with Crippen LogP contribution >= 0.6 is 46.4 Å². The maximum atomic E-state index is 12.9. The fraction of sp³-hybridized carbons (Fsp3) is 0.125. The maximum absolute atomic E-state index is 12.9. The largest absolute Gasteiger partial charge is 0.221 e. The van der Waals surface area contributed by atoms with Crippen LogP contribution < -0.4 is 0 Å². The number of rotatable bonds is 2. The van der Waals surface area contributed by atoms with E-state index in [1.165, 1.54) is 12.1 Å². The molecule has 6 heteroatoms. The molecule has 0 radical (unpaired) electrons. The predicted molar refractivity (Wildman–Crippen MR) is 57.7 cm³/mol. The summed E-state index contributed by atoms with van der Waals surface area (Å²) in [5.74, 6) is -0.620. The highest BCUT2D eigenvalue weighted by Gasteiger charge is 2.07. The van der Waals surface area contributed by atoms with Crippen molar-refractivity contribution < 1.29 is 4.39 Å². The third-order valence-electron chi connectivity index (χ3n) is 1.44. The normalized spacial score (nSPS) is 10.1. The second kappa shape index (κ2) is 5.17. The van der Waals surface area contributed by atoms with E-state index in [-0.39, 0.29) is 14.8 Å². The fourth-order valence-corrected chi connectivity index (χ4v) is 1.37. The second-order valence-electron chi connectivity index (χ2n) is 2.41. The number of pyridine rings is 1. The van der Waals surface area contributed by atoms with Crippen LogP contribution in [0.5, 0.6) is 0 Å². The summed E-state index contributed by atoms with van der Waals surface area (Å²) in [5.41, 5.74) is 0.479. The van der Waals surface area contributed by atoms with E-state index in [1.54, 1.807) is 0 Å². The Morgan fingerprint density at radius 1 is 1.36 bits per heavy atom. The van der Waals surface area contributed by atoms with E-state index in [1.807, 2.05) is 0 Å². The lowest BCUT2D eigenvalue weighted by Crippen LogP contribution is -1.91. The smallest absolute Gasteiger partial charge is 0.166 e. The molecule has 0 atom stereocenters. The molecule has 0 aliphatic heterocycles. The van der Waals surface area contributed by atoms with Crippen molar-refractivity contribution in [2.75, 3.05) is 0 Å². The van der Waals surface area contributed by atoms with Gasteiger partial charge in [0.2, 0.25) is 0 Å².